The lowest BCUT2D eigenvalue weighted by atomic mass is 10.1. The van der Waals surface area contributed by atoms with E-state index in [1.165, 1.54) is 19.1 Å². The molecule has 1 atom stereocenters. The minimum absolute atomic E-state index is 0.0201. The van der Waals surface area contributed by atoms with Crippen molar-refractivity contribution in [2.75, 3.05) is 11.5 Å². The molecule has 1 saturated heterocycles. The summed E-state index contributed by atoms with van der Waals surface area (Å²) in [5, 5.41) is 0.522. The van der Waals surface area contributed by atoms with E-state index in [2.05, 4.69) is 0 Å². The van der Waals surface area contributed by atoms with Crippen LogP contribution in [0.3, 0.4) is 0 Å². The molecule has 0 amide bonds. The Morgan fingerprint density at radius 3 is 2.94 bits per heavy atom. The van der Waals surface area contributed by atoms with Crippen molar-refractivity contribution in [1.82, 2.24) is 0 Å². The van der Waals surface area contributed by atoms with Gasteiger partial charge in [0.05, 0.1) is 5.02 Å². The van der Waals surface area contributed by atoms with Gasteiger partial charge in [-0.2, -0.15) is 11.8 Å². The third-order valence-electron chi connectivity index (χ3n) is 2.75. The van der Waals surface area contributed by atoms with E-state index in [4.69, 9.17) is 16.3 Å². The molecular formula is C13H15ClO2S. The number of ether oxygens (including phenoxy) is 1. The second-order valence-electron chi connectivity index (χ2n) is 4.16. The molecule has 0 bridgehead atoms. The molecule has 17 heavy (non-hydrogen) atoms. The summed E-state index contributed by atoms with van der Waals surface area (Å²) in [5.74, 6) is 2.94. The number of hydrogen-bond donors (Lipinski definition) is 0. The van der Waals surface area contributed by atoms with Crippen LogP contribution in [0.25, 0.3) is 0 Å². The number of rotatable bonds is 3. The Kier molecular flexibility index (Phi) is 4.35. The first-order valence-electron chi connectivity index (χ1n) is 5.71. The molecular weight excluding hydrogens is 256 g/mol. The summed E-state index contributed by atoms with van der Waals surface area (Å²) in [7, 11) is 0. The van der Waals surface area contributed by atoms with Crippen LogP contribution in [0.2, 0.25) is 5.02 Å². The van der Waals surface area contributed by atoms with Gasteiger partial charge in [0, 0.05) is 11.3 Å². The van der Waals surface area contributed by atoms with Crippen LogP contribution in [0.4, 0.5) is 0 Å². The van der Waals surface area contributed by atoms with Crippen molar-refractivity contribution in [2.45, 2.75) is 25.9 Å². The van der Waals surface area contributed by atoms with Gasteiger partial charge in [-0.15, -0.1) is 0 Å². The van der Waals surface area contributed by atoms with Crippen LogP contribution in [-0.2, 0) is 0 Å². The molecule has 0 spiro atoms. The fraction of sp³-hybridized carbons (Fsp3) is 0.462. The monoisotopic (exact) mass is 270 g/mol. The summed E-state index contributed by atoms with van der Waals surface area (Å²) in [5.41, 5.74) is 0.625. The lowest BCUT2D eigenvalue weighted by Gasteiger charge is -2.23. The smallest absolute Gasteiger partial charge is 0.159 e. The standard InChI is InChI=1S/C13H15ClO2S/c1-9(15)10-4-5-13(12(14)7-10)16-11-3-2-6-17-8-11/h4-5,7,11H,2-3,6,8H2,1H3. The molecule has 0 aliphatic carbocycles. The third-order valence-corrected chi connectivity index (χ3v) is 4.23. The zero-order chi connectivity index (χ0) is 12.3. The normalized spacial score (nSPS) is 20.0. The van der Waals surface area contributed by atoms with E-state index in [1.807, 2.05) is 11.8 Å². The Hall–Kier alpha value is -0.670. The lowest BCUT2D eigenvalue weighted by Crippen LogP contribution is -2.23. The average molecular weight is 271 g/mol. The largest absolute Gasteiger partial charge is 0.488 e. The molecule has 1 aromatic carbocycles. The van der Waals surface area contributed by atoms with Crippen LogP contribution in [0, 0.1) is 0 Å². The van der Waals surface area contributed by atoms with E-state index in [0.717, 1.165) is 12.2 Å². The second kappa shape index (κ2) is 5.78. The molecule has 0 aromatic heterocycles. The molecule has 2 nitrogen and oxygen atoms in total. The molecule has 0 radical (unpaired) electrons. The van der Waals surface area contributed by atoms with Crippen LogP contribution in [0.1, 0.15) is 30.1 Å². The third kappa shape index (κ3) is 3.39. The zero-order valence-corrected chi connectivity index (χ0v) is 11.3. The fourth-order valence-corrected chi connectivity index (χ4v) is 3.06. The zero-order valence-electron chi connectivity index (χ0n) is 9.74. The van der Waals surface area contributed by atoms with Gasteiger partial charge < -0.3 is 4.74 Å². The molecule has 1 aliphatic heterocycles. The number of halogens is 1. The summed E-state index contributed by atoms with van der Waals surface area (Å²) < 4.78 is 5.86. The summed E-state index contributed by atoms with van der Waals surface area (Å²) in [6.45, 7) is 1.53. The Bertz CT molecular complexity index is 414. The number of benzene rings is 1. The van der Waals surface area contributed by atoms with Crippen LogP contribution in [0.15, 0.2) is 18.2 Å². The minimum atomic E-state index is 0.0201. The Labute approximate surface area is 111 Å². The van der Waals surface area contributed by atoms with Crippen LogP contribution < -0.4 is 4.74 Å². The van der Waals surface area contributed by atoms with Gasteiger partial charge in [-0.25, -0.2) is 0 Å². The summed E-state index contributed by atoms with van der Waals surface area (Å²) >= 11 is 8.02. The van der Waals surface area contributed by atoms with Gasteiger partial charge in [-0.1, -0.05) is 11.6 Å². The number of carbonyl (C=O) groups excluding carboxylic acids is 1. The average Bonchev–Trinajstić information content (AvgIpc) is 2.33. The van der Waals surface area contributed by atoms with Crippen molar-refractivity contribution >= 4 is 29.1 Å². The van der Waals surface area contributed by atoms with E-state index < -0.39 is 0 Å². The van der Waals surface area contributed by atoms with Crippen molar-refractivity contribution in [2.24, 2.45) is 0 Å². The maximum absolute atomic E-state index is 11.2. The molecule has 1 unspecified atom stereocenters. The van der Waals surface area contributed by atoms with Crippen molar-refractivity contribution in [3.05, 3.63) is 28.8 Å². The van der Waals surface area contributed by atoms with E-state index in [1.54, 1.807) is 18.2 Å². The highest BCUT2D eigenvalue weighted by Crippen LogP contribution is 2.29. The first-order chi connectivity index (χ1) is 8.16. The highest BCUT2D eigenvalue weighted by Gasteiger charge is 2.16. The quantitative estimate of drug-likeness (QED) is 0.781. The predicted octanol–water partition coefficient (Wildman–Crippen LogP) is 3.82. The first kappa shape index (κ1) is 12.8. The van der Waals surface area contributed by atoms with Gasteiger partial charge in [-0.3, -0.25) is 4.79 Å². The van der Waals surface area contributed by atoms with Crippen molar-refractivity contribution in [1.29, 1.82) is 0 Å². The Morgan fingerprint density at radius 1 is 1.53 bits per heavy atom. The van der Waals surface area contributed by atoms with Crippen LogP contribution in [-0.4, -0.2) is 23.4 Å². The topological polar surface area (TPSA) is 26.3 Å². The van der Waals surface area contributed by atoms with Crippen LogP contribution in [0.5, 0.6) is 5.75 Å². The number of carbonyl (C=O) groups is 1. The van der Waals surface area contributed by atoms with Gasteiger partial charge in [0.25, 0.3) is 0 Å². The highest BCUT2D eigenvalue weighted by atomic mass is 35.5. The lowest BCUT2D eigenvalue weighted by molar-refractivity contribution is 0.101. The molecule has 1 heterocycles. The van der Waals surface area contributed by atoms with Gasteiger partial charge in [0.15, 0.2) is 5.78 Å². The maximum Gasteiger partial charge on any atom is 0.159 e. The van der Waals surface area contributed by atoms with E-state index in [-0.39, 0.29) is 11.9 Å². The van der Waals surface area contributed by atoms with Gasteiger partial charge >= 0.3 is 0 Å². The number of thioether (sulfide) groups is 1. The van der Waals surface area contributed by atoms with Gasteiger partial charge in [0.1, 0.15) is 11.9 Å². The van der Waals surface area contributed by atoms with Crippen LogP contribution >= 0.6 is 23.4 Å². The maximum atomic E-state index is 11.2. The SMILES string of the molecule is CC(=O)c1ccc(OC2CCCSC2)c(Cl)c1. The molecule has 1 aromatic rings. The van der Waals surface area contributed by atoms with E-state index in [0.29, 0.717) is 16.3 Å². The minimum Gasteiger partial charge on any atom is -0.488 e. The molecule has 0 saturated carbocycles. The Morgan fingerprint density at radius 2 is 2.35 bits per heavy atom. The second-order valence-corrected chi connectivity index (χ2v) is 5.72. The molecule has 4 heteroatoms. The number of Topliss-reactive ketones (excluding diaryl/α,β-unsaturated/α-hetero) is 1. The van der Waals surface area contributed by atoms with Crippen molar-refractivity contribution in [3.8, 4) is 5.75 Å². The van der Waals surface area contributed by atoms with Gasteiger partial charge in [-0.05, 0) is 43.7 Å². The molecule has 1 fully saturated rings. The van der Waals surface area contributed by atoms with Crippen molar-refractivity contribution < 1.29 is 9.53 Å². The summed E-state index contributed by atoms with van der Waals surface area (Å²) in [4.78, 5) is 11.2. The highest BCUT2D eigenvalue weighted by molar-refractivity contribution is 7.99. The predicted molar refractivity (Wildman–Crippen MR) is 72.4 cm³/mol. The number of ketones is 1. The summed E-state index contributed by atoms with van der Waals surface area (Å²) in [6.07, 6.45) is 2.52. The molecule has 92 valence electrons. The number of hydrogen-bond acceptors (Lipinski definition) is 3. The molecule has 2 rings (SSSR count). The summed E-state index contributed by atoms with van der Waals surface area (Å²) in [6, 6.07) is 5.23. The Balaban J connectivity index is 2.08. The van der Waals surface area contributed by atoms with E-state index in [9.17, 15) is 4.79 Å². The van der Waals surface area contributed by atoms with Gasteiger partial charge in [0.2, 0.25) is 0 Å². The fourth-order valence-electron chi connectivity index (χ4n) is 1.80. The molecule has 1 aliphatic rings. The van der Waals surface area contributed by atoms with Crippen molar-refractivity contribution in [3.63, 3.8) is 0 Å². The first-order valence-corrected chi connectivity index (χ1v) is 7.25. The van der Waals surface area contributed by atoms with E-state index >= 15 is 0 Å². The molecule has 0 N–H and O–H groups in total.